The van der Waals surface area contributed by atoms with Gasteiger partial charge in [0, 0.05) is 22.1 Å². The summed E-state index contributed by atoms with van der Waals surface area (Å²) in [6, 6.07) is 68.5. The van der Waals surface area contributed by atoms with Gasteiger partial charge in [-0.25, -0.2) is 15.0 Å². The molecule has 5 aliphatic carbocycles. The van der Waals surface area contributed by atoms with Crippen LogP contribution in [0.3, 0.4) is 0 Å². The van der Waals surface area contributed by atoms with Crippen LogP contribution in [0, 0.1) is 23.7 Å². The van der Waals surface area contributed by atoms with Crippen LogP contribution in [0.25, 0.3) is 89.4 Å². The Morgan fingerprint density at radius 3 is 1.53 bits per heavy atom. The fourth-order valence-electron chi connectivity index (χ4n) is 12.7. The van der Waals surface area contributed by atoms with Gasteiger partial charge in [-0.3, -0.25) is 0 Å². The Labute approximate surface area is 363 Å². The van der Waals surface area contributed by atoms with E-state index in [1.807, 2.05) is 18.2 Å². The second-order valence-corrected chi connectivity index (χ2v) is 18.4. The van der Waals surface area contributed by atoms with Crippen molar-refractivity contribution in [1.82, 2.24) is 15.0 Å². The topological polar surface area (TPSA) is 38.7 Å². The van der Waals surface area contributed by atoms with Crippen LogP contribution in [0.1, 0.15) is 43.2 Å². The van der Waals surface area contributed by atoms with Gasteiger partial charge in [0.1, 0.15) is 0 Å². The normalized spacial score (nSPS) is 21.6. The first kappa shape index (κ1) is 35.8. The summed E-state index contributed by atoms with van der Waals surface area (Å²) < 4.78 is 0. The molecule has 0 saturated heterocycles. The molecule has 3 nitrogen and oxygen atoms in total. The fourth-order valence-corrected chi connectivity index (χ4v) is 12.7. The maximum absolute atomic E-state index is 5.24. The van der Waals surface area contributed by atoms with Crippen LogP contribution in [-0.2, 0) is 5.41 Å². The smallest absolute Gasteiger partial charge is 0.164 e. The van der Waals surface area contributed by atoms with E-state index in [1.165, 1.54) is 65.1 Å². The summed E-state index contributed by atoms with van der Waals surface area (Å²) in [4.78, 5) is 15.5. The lowest BCUT2D eigenvalue weighted by molar-refractivity contribution is -0.0398. The number of fused-ring (bicyclic) bond motifs is 4. The summed E-state index contributed by atoms with van der Waals surface area (Å²) >= 11 is 0. The minimum atomic E-state index is 0.0931. The quantitative estimate of drug-likeness (QED) is 0.168. The standard InChI is InChI=1S/C59H45N3/c1-3-13-39(14-4-1)41-19-12-22-47(33-41)57-60-56(40-15-5-2-6-16-40)61-58(62-57)52-24-10-9-23-50(52)46-21-11-20-42(32-46)45-25-26-51-53-34-43-17-7-8-18-44(43)35-55(53)59(54(51)36-45)48-28-37-27-38(30-48)31-49(59)29-37/h1-26,32-38,48-49H,27-31H2. The van der Waals surface area contributed by atoms with Gasteiger partial charge in [-0.15, -0.1) is 0 Å². The molecule has 0 N–H and O–H groups in total. The summed E-state index contributed by atoms with van der Waals surface area (Å²) in [5, 5.41) is 2.72. The molecule has 4 bridgehead atoms. The molecule has 14 rings (SSSR count). The third-order valence-electron chi connectivity index (χ3n) is 15.1. The molecule has 0 unspecified atom stereocenters. The van der Waals surface area contributed by atoms with Crippen LogP contribution in [0.2, 0.25) is 0 Å². The predicted molar refractivity (Wildman–Crippen MR) is 253 cm³/mol. The summed E-state index contributed by atoms with van der Waals surface area (Å²) in [6.07, 6.45) is 6.95. The summed E-state index contributed by atoms with van der Waals surface area (Å²) in [5.41, 5.74) is 16.2. The molecule has 3 heteroatoms. The molecule has 1 aromatic heterocycles. The molecule has 1 spiro atoms. The minimum absolute atomic E-state index is 0.0931. The van der Waals surface area contributed by atoms with Crippen molar-refractivity contribution in [3.8, 4) is 78.7 Å². The van der Waals surface area contributed by atoms with E-state index in [2.05, 4.69) is 170 Å². The van der Waals surface area contributed by atoms with Gasteiger partial charge in [0.05, 0.1) is 0 Å². The molecule has 62 heavy (non-hydrogen) atoms. The Morgan fingerprint density at radius 2 is 0.806 bits per heavy atom. The number of hydrogen-bond donors (Lipinski definition) is 0. The molecule has 0 amide bonds. The van der Waals surface area contributed by atoms with Crippen LogP contribution in [0.5, 0.6) is 0 Å². The van der Waals surface area contributed by atoms with Crippen molar-refractivity contribution in [3.05, 3.63) is 199 Å². The van der Waals surface area contributed by atoms with E-state index in [-0.39, 0.29) is 5.41 Å². The number of aromatic nitrogens is 3. The molecule has 296 valence electrons. The van der Waals surface area contributed by atoms with E-state index in [4.69, 9.17) is 15.0 Å². The zero-order valence-corrected chi connectivity index (χ0v) is 34.6. The maximum atomic E-state index is 5.24. The van der Waals surface area contributed by atoms with Crippen molar-refractivity contribution < 1.29 is 0 Å². The largest absolute Gasteiger partial charge is 0.208 e. The lowest BCUT2D eigenvalue weighted by Gasteiger charge is -2.61. The Kier molecular flexibility index (Phi) is 8.10. The Balaban J connectivity index is 0.929. The molecule has 0 aliphatic heterocycles. The maximum Gasteiger partial charge on any atom is 0.164 e. The number of benzene rings is 8. The van der Waals surface area contributed by atoms with Gasteiger partial charge in [-0.05, 0) is 153 Å². The number of rotatable bonds is 6. The van der Waals surface area contributed by atoms with E-state index in [0.717, 1.165) is 50.8 Å². The first-order chi connectivity index (χ1) is 30.7. The van der Waals surface area contributed by atoms with E-state index in [1.54, 1.807) is 11.1 Å². The highest BCUT2D eigenvalue weighted by Gasteiger charge is 2.61. The van der Waals surface area contributed by atoms with E-state index >= 15 is 0 Å². The molecule has 8 aromatic carbocycles. The Bertz CT molecular complexity index is 3180. The fraction of sp³-hybridized carbons (Fsp3) is 0.169. The molecular weight excluding hydrogens is 751 g/mol. The summed E-state index contributed by atoms with van der Waals surface area (Å²) in [7, 11) is 0. The highest BCUT2D eigenvalue weighted by Crippen LogP contribution is 2.69. The predicted octanol–water partition coefficient (Wildman–Crippen LogP) is 14.7. The third kappa shape index (κ3) is 5.61. The summed E-state index contributed by atoms with van der Waals surface area (Å²) in [5.74, 6) is 5.19. The van der Waals surface area contributed by atoms with Crippen LogP contribution in [0.4, 0.5) is 0 Å². The molecular formula is C59H45N3. The van der Waals surface area contributed by atoms with Gasteiger partial charge in [0.15, 0.2) is 17.5 Å². The zero-order valence-electron chi connectivity index (χ0n) is 34.6. The zero-order chi connectivity index (χ0) is 40.8. The highest BCUT2D eigenvalue weighted by molar-refractivity contribution is 5.95. The number of hydrogen-bond acceptors (Lipinski definition) is 3. The van der Waals surface area contributed by atoms with Crippen molar-refractivity contribution in [1.29, 1.82) is 0 Å². The average molecular weight is 796 g/mol. The van der Waals surface area contributed by atoms with Gasteiger partial charge in [-0.2, -0.15) is 0 Å². The lowest BCUT2D eigenvalue weighted by atomic mass is 9.43. The van der Waals surface area contributed by atoms with Gasteiger partial charge < -0.3 is 0 Å². The SMILES string of the molecule is c1ccc(-c2cccc(-c3nc(-c4ccccc4)nc(-c4ccccc4-c4cccc(-c5ccc6c(c5)C5(c7cc8ccccc8cc7-6)C6CC7CC(C6)CC5C7)c4)n3)c2)cc1. The van der Waals surface area contributed by atoms with Gasteiger partial charge in [0.2, 0.25) is 0 Å². The molecule has 9 aromatic rings. The first-order valence-electron chi connectivity index (χ1n) is 22.5. The Morgan fingerprint density at radius 1 is 0.306 bits per heavy atom. The minimum Gasteiger partial charge on any atom is -0.208 e. The van der Waals surface area contributed by atoms with Gasteiger partial charge >= 0.3 is 0 Å². The van der Waals surface area contributed by atoms with Crippen molar-refractivity contribution >= 4 is 10.8 Å². The first-order valence-corrected chi connectivity index (χ1v) is 22.5. The van der Waals surface area contributed by atoms with Crippen LogP contribution in [-0.4, -0.2) is 15.0 Å². The lowest BCUT2D eigenvalue weighted by Crippen LogP contribution is -2.55. The van der Waals surface area contributed by atoms with Crippen LogP contribution < -0.4 is 0 Å². The van der Waals surface area contributed by atoms with E-state index < -0.39 is 0 Å². The molecule has 0 atom stereocenters. The summed E-state index contributed by atoms with van der Waals surface area (Å²) in [6.45, 7) is 0. The molecule has 4 saturated carbocycles. The second-order valence-electron chi connectivity index (χ2n) is 18.4. The van der Waals surface area contributed by atoms with E-state index in [0.29, 0.717) is 29.3 Å². The van der Waals surface area contributed by atoms with Crippen LogP contribution >= 0.6 is 0 Å². The Hall–Kier alpha value is -6.97. The van der Waals surface area contributed by atoms with Gasteiger partial charge in [-0.1, -0.05) is 158 Å². The van der Waals surface area contributed by atoms with Crippen molar-refractivity contribution in [3.63, 3.8) is 0 Å². The second kappa shape index (κ2) is 14.0. The number of nitrogens with zero attached hydrogens (tertiary/aromatic N) is 3. The molecule has 0 radical (unpaired) electrons. The van der Waals surface area contributed by atoms with Crippen LogP contribution in [0.15, 0.2) is 188 Å². The van der Waals surface area contributed by atoms with E-state index in [9.17, 15) is 0 Å². The molecule has 1 heterocycles. The average Bonchev–Trinajstić information content (AvgIpc) is 3.61. The third-order valence-corrected chi connectivity index (χ3v) is 15.1. The van der Waals surface area contributed by atoms with Crippen molar-refractivity contribution in [2.45, 2.75) is 37.5 Å². The monoisotopic (exact) mass is 795 g/mol. The van der Waals surface area contributed by atoms with Crippen molar-refractivity contribution in [2.75, 3.05) is 0 Å². The van der Waals surface area contributed by atoms with Gasteiger partial charge in [0.25, 0.3) is 0 Å². The molecule has 4 fully saturated rings. The highest BCUT2D eigenvalue weighted by atomic mass is 15.0. The molecule has 5 aliphatic rings. The van der Waals surface area contributed by atoms with Crippen molar-refractivity contribution in [2.24, 2.45) is 23.7 Å².